The third-order valence-corrected chi connectivity index (χ3v) is 4.30. The summed E-state index contributed by atoms with van der Waals surface area (Å²) in [4.78, 5) is 24.1. The molecule has 0 aliphatic carbocycles. The maximum atomic E-state index is 12.5. The van der Waals surface area contributed by atoms with Crippen LogP contribution in [0.4, 0.5) is 0 Å². The molecule has 2 atom stereocenters. The number of rotatable bonds is 7. The zero-order valence-corrected chi connectivity index (χ0v) is 14.4. The maximum Gasteiger partial charge on any atom is 0.330 e. The highest BCUT2D eigenvalue weighted by atomic mass is 32.1. The number of hydrogen-bond acceptors (Lipinski definition) is 3. The van der Waals surface area contributed by atoms with Gasteiger partial charge in [-0.3, -0.25) is 4.79 Å². The van der Waals surface area contributed by atoms with Gasteiger partial charge in [-0.05, 0) is 24.5 Å². The van der Waals surface area contributed by atoms with Crippen LogP contribution in [0.3, 0.4) is 0 Å². The lowest BCUT2D eigenvalue weighted by Gasteiger charge is -2.20. The van der Waals surface area contributed by atoms with E-state index in [1.54, 1.807) is 12.1 Å². The molecule has 0 heterocycles. The third-order valence-electron chi connectivity index (χ3n) is 3.86. The number of carboxylic acid groups (broad SMARTS) is 1. The Kier molecular flexibility index (Phi) is 6.44. The number of aliphatic carboxylic acids is 1. The Morgan fingerprint density at radius 1 is 1.08 bits per heavy atom. The van der Waals surface area contributed by atoms with Crippen LogP contribution in [0, 0.1) is 12.8 Å². The van der Waals surface area contributed by atoms with Crippen molar-refractivity contribution < 1.29 is 14.7 Å². The fourth-order valence-electron chi connectivity index (χ4n) is 2.45. The van der Waals surface area contributed by atoms with E-state index in [1.165, 1.54) is 0 Å². The minimum atomic E-state index is -1.08. The molecule has 2 N–H and O–H groups in total. The normalized spacial score (nSPS) is 13.1. The van der Waals surface area contributed by atoms with E-state index >= 15 is 0 Å². The van der Waals surface area contributed by atoms with Crippen molar-refractivity contribution >= 4 is 24.5 Å². The molecule has 0 aromatic heterocycles. The number of amides is 1. The minimum Gasteiger partial charge on any atom is -0.479 e. The summed E-state index contributed by atoms with van der Waals surface area (Å²) in [7, 11) is 0. The predicted molar refractivity (Wildman–Crippen MR) is 97.2 cm³/mol. The molecule has 5 heteroatoms. The van der Waals surface area contributed by atoms with Crippen LogP contribution >= 0.6 is 12.6 Å². The van der Waals surface area contributed by atoms with Gasteiger partial charge < -0.3 is 10.4 Å². The van der Waals surface area contributed by atoms with Gasteiger partial charge in [0.15, 0.2) is 6.04 Å². The smallest absolute Gasteiger partial charge is 0.330 e. The summed E-state index contributed by atoms with van der Waals surface area (Å²) < 4.78 is 0. The summed E-state index contributed by atoms with van der Waals surface area (Å²) in [6, 6.07) is 15.7. The zero-order valence-electron chi connectivity index (χ0n) is 13.5. The van der Waals surface area contributed by atoms with E-state index in [9.17, 15) is 14.7 Å². The molecular formula is C19H21NO3S. The molecule has 0 aliphatic rings. The highest BCUT2D eigenvalue weighted by molar-refractivity contribution is 7.80. The Morgan fingerprint density at radius 2 is 1.71 bits per heavy atom. The Hall–Kier alpha value is -2.27. The Morgan fingerprint density at radius 3 is 2.25 bits per heavy atom. The third kappa shape index (κ3) is 4.86. The molecule has 0 aliphatic heterocycles. The van der Waals surface area contributed by atoms with Crippen molar-refractivity contribution in [1.29, 1.82) is 0 Å². The SMILES string of the molecule is Cc1ccc(C(NC(=O)C(CS)Cc2ccccc2)C(=O)O)cc1. The summed E-state index contributed by atoms with van der Waals surface area (Å²) in [5.41, 5.74) is 2.61. The second-order valence-electron chi connectivity index (χ2n) is 5.76. The average Bonchev–Trinajstić information content (AvgIpc) is 2.59. The molecule has 0 fully saturated rings. The highest BCUT2D eigenvalue weighted by Crippen LogP contribution is 2.17. The molecular weight excluding hydrogens is 322 g/mol. The van der Waals surface area contributed by atoms with Crippen LogP contribution in [0.2, 0.25) is 0 Å². The largest absolute Gasteiger partial charge is 0.479 e. The molecule has 1 amide bonds. The van der Waals surface area contributed by atoms with Gasteiger partial charge in [-0.2, -0.15) is 12.6 Å². The van der Waals surface area contributed by atoms with Gasteiger partial charge in [0.05, 0.1) is 5.92 Å². The van der Waals surface area contributed by atoms with Crippen molar-refractivity contribution in [3.05, 3.63) is 71.3 Å². The van der Waals surface area contributed by atoms with Gasteiger partial charge in [0.25, 0.3) is 0 Å². The van der Waals surface area contributed by atoms with Gasteiger partial charge in [-0.15, -0.1) is 0 Å². The summed E-state index contributed by atoms with van der Waals surface area (Å²) in [6.45, 7) is 1.93. The van der Waals surface area contributed by atoms with Crippen molar-refractivity contribution in [2.24, 2.45) is 5.92 Å². The number of carbonyl (C=O) groups is 2. The van der Waals surface area contributed by atoms with Gasteiger partial charge in [0.1, 0.15) is 0 Å². The molecule has 24 heavy (non-hydrogen) atoms. The molecule has 2 aromatic rings. The fourth-order valence-corrected chi connectivity index (χ4v) is 2.74. The number of carboxylic acids is 1. The second kappa shape index (κ2) is 8.55. The first-order valence-electron chi connectivity index (χ1n) is 7.75. The predicted octanol–water partition coefficient (Wildman–Crippen LogP) is 3.03. The van der Waals surface area contributed by atoms with Crippen molar-refractivity contribution in [3.63, 3.8) is 0 Å². The average molecular weight is 343 g/mol. The summed E-state index contributed by atoms with van der Waals surface area (Å²) in [6.07, 6.45) is 0.524. The molecule has 2 unspecified atom stereocenters. The van der Waals surface area contributed by atoms with Crippen LogP contribution in [0.25, 0.3) is 0 Å². The van der Waals surface area contributed by atoms with Crippen LogP contribution in [-0.4, -0.2) is 22.7 Å². The lowest BCUT2D eigenvalue weighted by Crippen LogP contribution is -2.39. The highest BCUT2D eigenvalue weighted by Gasteiger charge is 2.26. The van der Waals surface area contributed by atoms with E-state index in [4.69, 9.17) is 0 Å². The first kappa shape index (κ1) is 18.1. The van der Waals surface area contributed by atoms with Crippen LogP contribution in [0.1, 0.15) is 22.7 Å². The van der Waals surface area contributed by atoms with E-state index in [0.717, 1.165) is 11.1 Å². The van der Waals surface area contributed by atoms with Crippen LogP contribution in [0.15, 0.2) is 54.6 Å². The maximum absolute atomic E-state index is 12.5. The summed E-state index contributed by atoms with van der Waals surface area (Å²) >= 11 is 4.25. The van der Waals surface area contributed by atoms with Crippen LogP contribution in [0.5, 0.6) is 0 Å². The summed E-state index contributed by atoms with van der Waals surface area (Å²) in [5, 5.41) is 12.1. The zero-order chi connectivity index (χ0) is 17.5. The topological polar surface area (TPSA) is 66.4 Å². The number of hydrogen-bond donors (Lipinski definition) is 3. The van der Waals surface area contributed by atoms with Crippen molar-refractivity contribution in [2.45, 2.75) is 19.4 Å². The minimum absolute atomic E-state index is 0.304. The van der Waals surface area contributed by atoms with Crippen molar-refractivity contribution in [2.75, 3.05) is 5.75 Å². The van der Waals surface area contributed by atoms with Gasteiger partial charge in [-0.1, -0.05) is 60.2 Å². The number of carbonyl (C=O) groups excluding carboxylic acids is 1. The monoisotopic (exact) mass is 343 g/mol. The van der Waals surface area contributed by atoms with Gasteiger partial charge >= 0.3 is 5.97 Å². The molecule has 0 saturated carbocycles. The number of thiol groups is 1. The Bertz CT molecular complexity index is 686. The summed E-state index contributed by atoms with van der Waals surface area (Å²) in [5.74, 6) is -1.42. The Labute approximate surface area is 147 Å². The van der Waals surface area contributed by atoms with Gasteiger partial charge in [-0.25, -0.2) is 4.79 Å². The molecule has 0 saturated heterocycles. The second-order valence-corrected chi connectivity index (χ2v) is 6.12. The fraction of sp³-hybridized carbons (Fsp3) is 0.263. The van der Waals surface area contributed by atoms with Gasteiger partial charge in [0.2, 0.25) is 5.91 Å². The lowest BCUT2D eigenvalue weighted by molar-refractivity contribution is -0.142. The van der Waals surface area contributed by atoms with Crippen LogP contribution in [-0.2, 0) is 16.0 Å². The Balaban J connectivity index is 2.11. The quantitative estimate of drug-likeness (QED) is 0.677. The first-order chi connectivity index (χ1) is 11.5. The van der Waals surface area contributed by atoms with E-state index < -0.39 is 12.0 Å². The number of nitrogens with one attached hydrogen (secondary N) is 1. The molecule has 2 aromatic carbocycles. The molecule has 0 spiro atoms. The van der Waals surface area contributed by atoms with Gasteiger partial charge in [0, 0.05) is 5.75 Å². The number of aryl methyl sites for hydroxylation is 1. The lowest BCUT2D eigenvalue weighted by atomic mass is 9.98. The molecule has 4 nitrogen and oxygen atoms in total. The van der Waals surface area contributed by atoms with Crippen LogP contribution < -0.4 is 5.32 Å². The molecule has 0 bridgehead atoms. The standard InChI is InChI=1S/C19H21NO3S/c1-13-7-9-15(10-8-13)17(19(22)23)20-18(21)16(12-24)11-14-5-3-2-4-6-14/h2-10,16-17,24H,11-12H2,1H3,(H,20,21)(H,22,23). The van der Waals surface area contributed by atoms with Crippen molar-refractivity contribution in [1.82, 2.24) is 5.32 Å². The van der Waals surface area contributed by atoms with E-state index in [1.807, 2.05) is 49.4 Å². The van der Waals surface area contributed by atoms with E-state index in [2.05, 4.69) is 17.9 Å². The van der Waals surface area contributed by atoms with E-state index in [-0.39, 0.29) is 11.8 Å². The molecule has 0 radical (unpaired) electrons. The van der Waals surface area contributed by atoms with Crippen molar-refractivity contribution in [3.8, 4) is 0 Å². The first-order valence-corrected chi connectivity index (χ1v) is 8.39. The molecule has 2 rings (SSSR count). The molecule has 126 valence electrons. The number of benzene rings is 2. The van der Waals surface area contributed by atoms with E-state index in [0.29, 0.717) is 17.7 Å².